The van der Waals surface area contributed by atoms with Crippen LogP contribution in [-0.4, -0.2) is 42.3 Å². The minimum absolute atomic E-state index is 0.0798. The first-order valence-electron chi connectivity index (χ1n) is 11.2. The summed E-state index contributed by atoms with van der Waals surface area (Å²) in [4.78, 5) is 35.7. The van der Waals surface area contributed by atoms with Crippen LogP contribution < -0.4 is 0 Å². The van der Waals surface area contributed by atoms with Gasteiger partial charge < -0.3 is 18.9 Å². The summed E-state index contributed by atoms with van der Waals surface area (Å²) in [6.45, 7) is 9.20. The number of fused-ring (bicyclic) bond motifs is 4. The third-order valence-corrected chi connectivity index (χ3v) is 8.71. The minimum Gasteiger partial charge on any atom is -0.465 e. The summed E-state index contributed by atoms with van der Waals surface area (Å²) in [6.07, 6.45) is 4.97. The second-order valence-corrected chi connectivity index (χ2v) is 10.4. The predicted molar refractivity (Wildman–Crippen MR) is 108 cm³/mol. The molecule has 0 amide bonds. The molecule has 2 aliphatic heterocycles. The standard InChI is InChI=1S/C24H30O7/c1-12-19-15(30-21(12)27)10-17-22(4)8-7-18(29-14(3)26)23(5,11-28-13(2)25)16(22)6-9-24(17)20(19)31-24/h10,16-18,20H,6-9,11H2,1-5H3/t16-,17-,18+,20+,22+,23-,24-/m0/s1. The van der Waals surface area contributed by atoms with Gasteiger partial charge >= 0.3 is 17.9 Å². The van der Waals surface area contributed by atoms with Crippen molar-refractivity contribution < 1.29 is 33.3 Å². The summed E-state index contributed by atoms with van der Waals surface area (Å²) in [7, 11) is 0. The zero-order valence-electron chi connectivity index (χ0n) is 18.8. The lowest BCUT2D eigenvalue weighted by Gasteiger charge is -2.61. The molecule has 0 aromatic carbocycles. The van der Waals surface area contributed by atoms with Crippen LogP contribution in [0.1, 0.15) is 60.3 Å². The van der Waals surface area contributed by atoms with E-state index in [-0.39, 0.29) is 59.6 Å². The first-order chi connectivity index (χ1) is 14.5. The summed E-state index contributed by atoms with van der Waals surface area (Å²) in [5, 5.41) is 0. The fraction of sp³-hybridized carbons (Fsp3) is 0.708. The number of hydrogen-bond acceptors (Lipinski definition) is 7. The van der Waals surface area contributed by atoms with Crippen molar-refractivity contribution in [3.05, 3.63) is 23.0 Å². The van der Waals surface area contributed by atoms with Crippen molar-refractivity contribution in [2.45, 2.75) is 78.1 Å². The van der Waals surface area contributed by atoms with E-state index < -0.39 is 5.41 Å². The quantitative estimate of drug-likeness (QED) is 0.386. The minimum atomic E-state index is -0.507. The Labute approximate surface area is 182 Å². The Hall–Kier alpha value is -2.15. The molecule has 0 unspecified atom stereocenters. The van der Waals surface area contributed by atoms with E-state index >= 15 is 0 Å². The molecular formula is C24H30O7. The molecule has 0 bridgehead atoms. The molecule has 2 saturated carbocycles. The molecule has 3 fully saturated rings. The fourth-order valence-electron chi connectivity index (χ4n) is 7.26. The molecule has 0 N–H and O–H groups in total. The predicted octanol–water partition coefficient (Wildman–Crippen LogP) is 3.22. The highest BCUT2D eigenvalue weighted by Gasteiger charge is 2.74. The zero-order valence-corrected chi connectivity index (χ0v) is 18.8. The first-order valence-corrected chi connectivity index (χ1v) is 11.2. The van der Waals surface area contributed by atoms with E-state index in [1.807, 2.05) is 6.92 Å². The monoisotopic (exact) mass is 430 g/mol. The maximum Gasteiger partial charge on any atom is 0.339 e. The molecule has 168 valence electrons. The summed E-state index contributed by atoms with van der Waals surface area (Å²) in [6, 6.07) is 0. The van der Waals surface area contributed by atoms with E-state index in [1.54, 1.807) is 0 Å². The molecule has 5 aliphatic rings. The Balaban J connectivity index is 1.55. The van der Waals surface area contributed by atoms with Crippen LogP contribution in [0.5, 0.6) is 0 Å². The average molecular weight is 430 g/mol. The molecule has 0 radical (unpaired) electrons. The van der Waals surface area contributed by atoms with Crippen molar-refractivity contribution in [1.29, 1.82) is 0 Å². The number of carbonyl (C=O) groups excluding carboxylic acids is 3. The summed E-state index contributed by atoms with van der Waals surface area (Å²) in [5.41, 5.74) is 0.597. The van der Waals surface area contributed by atoms with Gasteiger partial charge in [-0.3, -0.25) is 9.59 Å². The first kappa shape index (κ1) is 20.7. The van der Waals surface area contributed by atoms with Gasteiger partial charge in [-0.15, -0.1) is 0 Å². The molecule has 1 saturated heterocycles. The molecule has 31 heavy (non-hydrogen) atoms. The smallest absolute Gasteiger partial charge is 0.339 e. The lowest BCUT2D eigenvalue weighted by atomic mass is 9.44. The molecule has 2 heterocycles. The van der Waals surface area contributed by atoms with E-state index in [9.17, 15) is 14.4 Å². The van der Waals surface area contributed by atoms with Crippen LogP contribution in [0, 0.1) is 22.7 Å². The number of ether oxygens (including phenoxy) is 4. The van der Waals surface area contributed by atoms with Crippen molar-refractivity contribution in [3.8, 4) is 0 Å². The maximum atomic E-state index is 12.2. The second kappa shape index (κ2) is 6.44. The molecule has 0 aromatic heterocycles. The van der Waals surface area contributed by atoms with Crippen molar-refractivity contribution in [1.82, 2.24) is 0 Å². The summed E-state index contributed by atoms with van der Waals surface area (Å²) < 4.78 is 23.2. The van der Waals surface area contributed by atoms with Gasteiger partial charge in [0, 0.05) is 36.3 Å². The third kappa shape index (κ3) is 2.71. The number of esters is 3. The van der Waals surface area contributed by atoms with Crippen molar-refractivity contribution >= 4 is 17.9 Å². The van der Waals surface area contributed by atoms with Gasteiger partial charge in [0.1, 0.15) is 30.2 Å². The topological polar surface area (TPSA) is 91.4 Å². The van der Waals surface area contributed by atoms with Gasteiger partial charge in [-0.05, 0) is 50.0 Å². The van der Waals surface area contributed by atoms with Crippen LogP contribution in [0.3, 0.4) is 0 Å². The second-order valence-electron chi connectivity index (χ2n) is 10.4. The Morgan fingerprint density at radius 1 is 1.16 bits per heavy atom. The summed E-state index contributed by atoms with van der Waals surface area (Å²) >= 11 is 0. The zero-order chi connectivity index (χ0) is 22.3. The summed E-state index contributed by atoms with van der Waals surface area (Å²) in [5.74, 6) is -0.0595. The van der Waals surface area contributed by atoms with Gasteiger partial charge in [0.15, 0.2) is 0 Å². The van der Waals surface area contributed by atoms with Gasteiger partial charge in [-0.2, -0.15) is 0 Å². The van der Waals surface area contributed by atoms with Crippen molar-refractivity contribution in [3.63, 3.8) is 0 Å². The van der Waals surface area contributed by atoms with Gasteiger partial charge in [-0.1, -0.05) is 13.8 Å². The lowest BCUT2D eigenvalue weighted by molar-refractivity contribution is -0.198. The number of hydrogen-bond donors (Lipinski definition) is 0. The largest absolute Gasteiger partial charge is 0.465 e. The van der Waals surface area contributed by atoms with Crippen molar-refractivity contribution in [2.75, 3.05) is 6.61 Å². The van der Waals surface area contributed by atoms with Gasteiger partial charge in [0.2, 0.25) is 0 Å². The van der Waals surface area contributed by atoms with Crippen LogP contribution in [0.15, 0.2) is 23.0 Å². The molecule has 7 nitrogen and oxygen atoms in total. The molecule has 3 aliphatic carbocycles. The number of carbonyl (C=O) groups is 3. The SMILES string of the molecule is CC(=O)OC[C@@]1(C)[C@H]2CC[C@@]34O[C@@H]3C3=C(C)C(=O)OC3=C[C@H]4[C@]2(C)CC[C@H]1OC(C)=O. The van der Waals surface area contributed by atoms with Gasteiger partial charge in [-0.25, -0.2) is 4.79 Å². The van der Waals surface area contributed by atoms with E-state index in [0.717, 1.165) is 24.8 Å². The lowest BCUT2D eigenvalue weighted by Crippen LogP contribution is -2.61. The third-order valence-electron chi connectivity index (χ3n) is 8.71. The molecule has 7 heteroatoms. The molecular weight excluding hydrogens is 400 g/mol. The number of rotatable bonds is 3. The van der Waals surface area contributed by atoms with E-state index in [4.69, 9.17) is 18.9 Å². The highest BCUT2D eigenvalue weighted by Crippen LogP contribution is 2.71. The normalized spacial score (nSPS) is 44.8. The molecule has 5 rings (SSSR count). The van der Waals surface area contributed by atoms with Crippen LogP contribution in [0.2, 0.25) is 0 Å². The van der Waals surface area contributed by atoms with Crippen LogP contribution in [0.4, 0.5) is 0 Å². The van der Waals surface area contributed by atoms with Gasteiger partial charge in [0.25, 0.3) is 0 Å². The van der Waals surface area contributed by atoms with Crippen LogP contribution in [0.25, 0.3) is 0 Å². The maximum absolute atomic E-state index is 12.2. The van der Waals surface area contributed by atoms with E-state index in [1.165, 1.54) is 13.8 Å². The Bertz CT molecular complexity index is 948. The highest BCUT2D eigenvalue weighted by molar-refractivity contribution is 5.94. The van der Waals surface area contributed by atoms with E-state index in [2.05, 4.69) is 19.9 Å². The Kier molecular flexibility index (Phi) is 4.31. The average Bonchev–Trinajstić information content (AvgIpc) is 3.34. The molecule has 1 spiro atoms. The Morgan fingerprint density at radius 3 is 2.58 bits per heavy atom. The van der Waals surface area contributed by atoms with Crippen LogP contribution in [-0.2, 0) is 33.3 Å². The molecule has 0 aromatic rings. The van der Waals surface area contributed by atoms with Crippen molar-refractivity contribution in [2.24, 2.45) is 22.7 Å². The molecule has 7 atom stereocenters. The van der Waals surface area contributed by atoms with E-state index in [0.29, 0.717) is 17.8 Å². The number of epoxide rings is 1. The van der Waals surface area contributed by atoms with Crippen LogP contribution >= 0.6 is 0 Å². The fourth-order valence-corrected chi connectivity index (χ4v) is 7.26. The highest BCUT2D eigenvalue weighted by atomic mass is 16.6. The Morgan fingerprint density at radius 2 is 1.90 bits per heavy atom. The van der Waals surface area contributed by atoms with Gasteiger partial charge in [0.05, 0.1) is 0 Å².